The maximum atomic E-state index is 5.30. The van der Waals surface area contributed by atoms with Crippen LogP contribution in [0.25, 0.3) is 33.9 Å². The Labute approximate surface area is 227 Å². The first-order valence-corrected chi connectivity index (χ1v) is 16.5. The van der Waals surface area contributed by atoms with E-state index in [4.69, 9.17) is 10.2 Å². The van der Waals surface area contributed by atoms with Gasteiger partial charge in [0.1, 0.15) is 17.1 Å². The number of benzene rings is 3. The third-order valence-corrected chi connectivity index (χ3v) is 11.4. The molecule has 5 rings (SSSR count). The quantitative estimate of drug-likeness (QED) is 0.164. The van der Waals surface area contributed by atoms with Crippen LogP contribution < -0.4 is 5.44 Å². The van der Waals surface area contributed by atoms with Gasteiger partial charge in [-0.25, -0.2) is 4.68 Å². The number of hydrogen-bond donors (Lipinski definition) is 0. The van der Waals surface area contributed by atoms with Gasteiger partial charge < -0.3 is 0 Å². The Hall–Kier alpha value is -3.49. The van der Waals surface area contributed by atoms with Crippen LogP contribution >= 0.6 is 7.26 Å². The Morgan fingerprint density at radius 2 is 1.21 bits per heavy atom. The van der Waals surface area contributed by atoms with E-state index in [1.165, 1.54) is 43.4 Å². The number of unbranched alkanes of at least 4 members (excludes halogenated alkanes) is 2. The van der Waals surface area contributed by atoms with Crippen molar-refractivity contribution in [3.8, 4) is 33.9 Å². The molecule has 0 spiro atoms. The summed E-state index contributed by atoms with van der Waals surface area (Å²) in [7, 11) is -1.43. The topological polar surface area (TPSA) is 35.6 Å². The summed E-state index contributed by atoms with van der Waals surface area (Å²) in [6.07, 6.45) is 9.43. The van der Waals surface area contributed by atoms with Crippen LogP contribution in [0.2, 0.25) is 0 Å². The van der Waals surface area contributed by atoms with E-state index in [2.05, 4.69) is 127 Å². The van der Waals surface area contributed by atoms with Crippen molar-refractivity contribution in [3.63, 3.8) is 0 Å². The Bertz CT molecular complexity index is 1430. The highest BCUT2D eigenvalue weighted by Gasteiger charge is 2.39. The lowest BCUT2D eigenvalue weighted by Gasteiger charge is -2.24. The number of nitrogens with zero attached hydrogens (tertiary/aromatic N) is 4. The monoisotopic (exact) mass is 521 g/mol. The van der Waals surface area contributed by atoms with Crippen molar-refractivity contribution >= 4 is 12.7 Å². The average molecular weight is 522 g/mol. The third-order valence-electron chi connectivity index (χ3n) is 7.35. The fourth-order valence-electron chi connectivity index (χ4n) is 5.24. The Kier molecular flexibility index (Phi) is 8.20. The zero-order chi connectivity index (χ0) is 26.4. The van der Waals surface area contributed by atoms with E-state index in [0.29, 0.717) is 0 Å². The number of hydrogen-bond acceptors (Lipinski definition) is 2. The molecule has 5 aromatic rings. The molecule has 0 bridgehead atoms. The van der Waals surface area contributed by atoms with Gasteiger partial charge in [0.2, 0.25) is 0 Å². The van der Waals surface area contributed by atoms with Crippen LogP contribution in [-0.2, 0) is 0 Å². The molecule has 3 aromatic carbocycles. The third kappa shape index (κ3) is 5.24. The van der Waals surface area contributed by atoms with Gasteiger partial charge in [-0.15, -0.1) is 0 Å². The molecule has 38 heavy (non-hydrogen) atoms. The fourth-order valence-corrected chi connectivity index (χ4v) is 8.99. The molecule has 0 aliphatic carbocycles. The summed E-state index contributed by atoms with van der Waals surface area (Å²) >= 11 is 0. The predicted molar refractivity (Wildman–Crippen MR) is 164 cm³/mol. The highest BCUT2D eigenvalue weighted by molar-refractivity contribution is 7.82. The molecule has 0 saturated heterocycles. The molecule has 194 valence electrons. The van der Waals surface area contributed by atoms with Gasteiger partial charge >= 0.3 is 0 Å². The van der Waals surface area contributed by atoms with Crippen LogP contribution in [-0.4, -0.2) is 38.5 Å². The van der Waals surface area contributed by atoms with Gasteiger partial charge in [-0.05, 0) is 25.0 Å². The summed E-state index contributed by atoms with van der Waals surface area (Å²) in [6.45, 7) is 7.14. The summed E-state index contributed by atoms with van der Waals surface area (Å²) in [6, 6.07) is 33.9. The van der Waals surface area contributed by atoms with E-state index >= 15 is 0 Å². The van der Waals surface area contributed by atoms with E-state index in [-0.39, 0.29) is 0 Å². The van der Waals surface area contributed by atoms with Crippen LogP contribution in [0, 0.1) is 0 Å². The predicted octanol–water partition coefficient (Wildman–Crippen LogP) is 8.26. The van der Waals surface area contributed by atoms with Crippen molar-refractivity contribution in [2.45, 2.75) is 39.5 Å². The SMILES string of the molecule is CCCC[P+](C)(CCCC)c1ccnn1-c1c(-c2ccccc2)nn(-c2ccccc2)c1-c1ccccc1. The van der Waals surface area contributed by atoms with Crippen molar-refractivity contribution in [3.05, 3.63) is 103 Å². The molecule has 0 unspecified atom stereocenters. The van der Waals surface area contributed by atoms with Gasteiger partial charge in [-0.2, -0.15) is 14.9 Å². The smallest absolute Gasteiger partial charge is 0.185 e. The van der Waals surface area contributed by atoms with Gasteiger partial charge in [0.15, 0.2) is 5.44 Å². The summed E-state index contributed by atoms with van der Waals surface area (Å²) in [5.41, 5.74) is 7.72. The highest BCUT2D eigenvalue weighted by Crippen LogP contribution is 2.56. The maximum Gasteiger partial charge on any atom is 0.185 e. The van der Waals surface area contributed by atoms with Crippen molar-refractivity contribution in [2.24, 2.45) is 0 Å². The first kappa shape index (κ1) is 26.1. The Morgan fingerprint density at radius 1 is 0.658 bits per heavy atom. The minimum Gasteiger partial charge on any atom is -0.230 e. The second-order valence-electron chi connectivity index (χ2n) is 10.2. The molecule has 5 heteroatoms. The lowest BCUT2D eigenvalue weighted by Crippen LogP contribution is -2.25. The van der Waals surface area contributed by atoms with Gasteiger partial charge in [-0.1, -0.05) is 106 Å². The van der Waals surface area contributed by atoms with Gasteiger partial charge in [0.25, 0.3) is 0 Å². The van der Waals surface area contributed by atoms with Gasteiger partial charge in [-0.3, -0.25) is 0 Å². The fraction of sp³-hybridized carbons (Fsp3) is 0.273. The minimum absolute atomic E-state index is 0.954. The number of rotatable bonds is 11. The van der Waals surface area contributed by atoms with E-state index < -0.39 is 7.26 Å². The van der Waals surface area contributed by atoms with Crippen molar-refractivity contribution in [1.82, 2.24) is 19.6 Å². The molecule has 2 aromatic heterocycles. The van der Waals surface area contributed by atoms with Gasteiger partial charge in [0, 0.05) is 17.2 Å². The normalized spacial score (nSPS) is 11.7. The van der Waals surface area contributed by atoms with E-state index in [1.54, 1.807) is 0 Å². The molecule has 0 N–H and O–H groups in total. The largest absolute Gasteiger partial charge is 0.230 e. The Morgan fingerprint density at radius 3 is 1.79 bits per heavy atom. The second kappa shape index (κ2) is 11.9. The average Bonchev–Trinajstić information content (AvgIpc) is 3.62. The van der Waals surface area contributed by atoms with Crippen LogP contribution in [0.4, 0.5) is 0 Å². The van der Waals surface area contributed by atoms with E-state index in [0.717, 1.165) is 33.9 Å². The summed E-state index contributed by atoms with van der Waals surface area (Å²) in [5.74, 6) is 0. The van der Waals surface area contributed by atoms with E-state index in [1.807, 2.05) is 6.20 Å². The highest BCUT2D eigenvalue weighted by atomic mass is 31.2. The Balaban J connectivity index is 1.82. The molecule has 0 atom stereocenters. The zero-order valence-electron chi connectivity index (χ0n) is 22.8. The molecular weight excluding hydrogens is 483 g/mol. The zero-order valence-corrected chi connectivity index (χ0v) is 23.7. The summed E-state index contributed by atoms with van der Waals surface area (Å²) in [5, 5.41) is 10.3. The summed E-state index contributed by atoms with van der Waals surface area (Å²) < 4.78 is 4.35. The van der Waals surface area contributed by atoms with Crippen LogP contribution in [0.1, 0.15) is 39.5 Å². The van der Waals surface area contributed by atoms with Crippen LogP contribution in [0.5, 0.6) is 0 Å². The van der Waals surface area contributed by atoms with Crippen molar-refractivity contribution in [2.75, 3.05) is 19.0 Å². The molecular formula is C33H38N4P+. The molecule has 0 radical (unpaired) electrons. The first-order chi connectivity index (χ1) is 18.7. The molecule has 0 fully saturated rings. The molecule has 4 nitrogen and oxygen atoms in total. The van der Waals surface area contributed by atoms with Crippen molar-refractivity contribution < 1.29 is 0 Å². The molecule has 0 aliphatic rings. The minimum atomic E-state index is -1.43. The second-order valence-corrected chi connectivity index (χ2v) is 14.3. The van der Waals surface area contributed by atoms with Crippen LogP contribution in [0.3, 0.4) is 0 Å². The van der Waals surface area contributed by atoms with E-state index in [9.17, 15) is 0 Å². The number of aromatic nitrogens is 4. The van der Waals surface area contributed by atoms with Crippen LogP contribution in [0.15, 0.2) is 103 Å². The van der Waals surface area contributed by atoms with Gasteiger partial charge in [0.05, 0.1) is 38.1 Å². The number of para-hydroxylation sites is 1. The molecule has 0 aliphatic heterocycles. The molecule has 2 heterocycles. The maximum absolute atomic E-state index is 5.30. The lowest BCUT2D eigenvalue weighted by atomic mass is 10.1. The lowest BCUT2D eigenvalue weighted by molar-refractivity contribution is 0.857. The molecule has 0 saturated carbocycles. The van der Waals surface area contributed by atoms with Crippen molar-refractivity contribution in [1.29, 1.82) is 0 Å². The summed E-state index contributed by atoms with van der Waals surface area (Å²) in [4.78, 5) is 0. The first-order valence-electron chi connectivity index (χ1n) is 13.8. The standard InChI is InChI=1S/C33H38N4P/c1-4-6-25-38(3,26-7-5-2)30-23-24-34-37(30)33-31(27-17-11-8-12-18-27)35-36(29-21-15-10-16-22-29)32(33)28-19-13-9-14-20-28/h8-24H,4-7,25-26H2,1-3H3/q+1. The molecule has 0 amide bonds.